The van der Waals surface area contributed by atoms with E-state index in [1.807, 2.05) is 39.5 Å². The molecule has 0 bridgehead atoms. The van der Waals surface area contributed by atoms with Crippen LogP contribution in [0.1, 0.15) is 59.1 Å². The maximum Gasteiger partial charge on any atom is 0.410 e. The van der Waals surface area contributed by atoms with Gasteiger partial charge in [0.05, 0.1) is 0 Å². The van der Waals surface area contributed by atoms with E-state index < -0.39 is 11.6 Å². The molecule has 0 radical (unpaired) electrons. The highest BCUT2D eigenvalue weighted by atomic mass is 19.1. The van der Waals surface area contributed by atoms with E-state index >= 15 is 0 Å². The number of benzene rings is 1. The molecule has 1 heterocycles. The summed E-state index contributed by atoms with van der Waals surface area (Å²) in [5, 5.41) is 7.99. The second kappa shape index (κ2) is 9.44. The summed E-state index contributed by atoms with van der Waals surface area (Å²) >= 11 is 0. The van der Waals surface area contributed by atoms with Crippen LogP contribution in [-0.4, -0.2) is 58.4 Å². The Morgan fingerprint density at radius 3 is 2.28 bits per heavy atom. The van der Waals surface area contributed by atoms with E-state index in [-0.39, 0.29) is 35.8 Å². The van der Waals surface area contributed by atoms with Crippen LogP contribution in [0.5, 0.6) is 0 Å². The molecule has 2 fully saturated rings. The summed E-state index contributed by atoms with van der Waals surface area (Å²) in [5.74, 6) is -0.229. The topological polar surface area (TPSA) is 97.8 Å². The predicted octanol–water partition coefficient (Wildman–Crippen LogP) is 3.20. The van der Waals surface area contributed by atoms with Crippen molar-refractivity contribution < 1.29 is 18.7 Å². The van der Waals surface area contributed by atoms with Gasteiger partial charge >= 0.3 is 6.09 Å². The van der Waals surface area contributed by atoms with Gasteiger partial charge in [-0.3, -0.25) is 26.0 Å². The summed E-state index contributed by atoms with van der Waals surface area (Å²) in [6.07, 6.45) is 1.52. The number of nitrogens with one attached hydrogen (secondary N) is 3. The Balaban J connectivity index is 1.78. The van der Waals surface area contributed by atoms with Crippen molar-refractivity contribution in [1.29, 1.82) is 5.41 Å². The first-order chi connectivity index (χ1) is 15.0. The molecular weight excluding hydrogens is 413 g/mol. The second-order valence-corrected chi connectivity index (χ2v) is 9.78. The summed E-state index contributed by atoms with van der Waals surface area (Å²) in [6, 6.07) is 4.83. The molecule has 0 aromatic heterocycles. The minimum Gasteiger partial charge on any atom is -0.444 e. The van der Waals surface area contributed by atoms with Gasteiger partial charge in [-0.1, -0.05) is 12.1 Å². The molecule has 3 atom stereocenters. The molecule has 3 rings (SSSR count). The molecule has 1 saturated carbocycles. The fourth-order valence-corrected chi connectivity index (χ4v) is 3.90. The van der Waals surface area contributed by atoms with Crippen molar-refractivity contribution in [2.45, 2.75) is 71.2 Å². The van der Waals surface area contributed by atoms with Crippen LogP contribution < -0.4 is 10.9 Å². The molecule has 8 nitrogen and oxygen atoms in total. The van der Waals surface area contributed by atoms with Crippen LogP contribution in [0.3, 0.4) is 0 Å². The fourth-order valence-electron chi connectivity index (χ4n) is 3.90. The van der Waals surface area contributed by atoms with E-state index in [9.17, 15) is 14.0 Å². The monoisotopic (exact) mass is 447 g/mol. The van der Waals surface area contributed by atoms with Crippen molar-refractivity contribution in [1.82, 2.24) is 20.7 Å². The Morgan fingerprint density at radius 1 is 1.09 bits per heavy atom. The summed E-state index contributed by atoms with van der Waals surface area (Å²) in [5.41, 5.74) is 5.44. The third-order valence-electron chi connectivity index (χ3n) is 5.73. The molecule has 3 N–H and O–H groups in total. The van der Waals surface area contributed by atoms with E-state index in [1.165, 1.54) is 12.1 Å². The largest absolute Gasteiger partial charge is 0.444 e. The molecule has 0 spiro atoms. The van der Waals surface area contributed by atoms with Crippen LogP contribution in [0.2, 0.25) is 0 Å². The average molecular weight is 448 g/mol. The van der Waals surface area contributed by atoms with Crippen molar-refractivity contribution in [2.24, 2.45) is 5.92 Å². The smallest absolute Gasteiger partial charge is 0.410 e. The second-order valence-electron chi connectivity index (χ2n) is 9.78. The number of ether oxygens (including phenoxy) is 1. The molecule has 32 heavy (non-hydrogen) atoms. The number of piperazine rings is 1. The molecule has 1 unspecified atom stereocenters. The van der Waals surface area contributed by atoms with E-state index in [4.69, 9.17) is 10.1 Å². The molecule has 1 saturated heterocycles. The molecule has 9 heteroatoms. The Kier molecular flexibility index (Phi) is 7.07. The van der Waals surface area contributed by atoms with Gasteiger partial charge in [0.25, 0.3) is 5.91 Å². The molecule has 1 aromatic rings. The van der Waals surface area contributed by atoms with Crippen molar-refractivity contribution in [3.05, 3.63) is 35.6 Å². The summed E-state index contributed by atoms with van der Waals surface area (Å²) in [4.78, 5) is 29.6. The van der Waals surface area contributed by atoms with Gasteiger partial charge < -0.3 is 9.64 Å². The zero-order chi connectivity index (χ0) is 23.6. The maximum atomic E-state index is 13.5. The van der Waals surface area contributed by atoms with Gasteiger partial charge in [0.15, 0.2) is 0 Å². The molecule has 2 amide bonds. The number of carbonyl (C=O) groups is 2. The van der Waals surface area contributed by atoms with E-state index in [1.54, 1.807) is 17.0 Å². The van der Waals surface area contributed by atoms with E-state index in [0.29, 0.717) is 24.5 Å². The van der Waals surface area contributed by atoms with Crippen LogP contribution in [-0.2, 0) is 9.53 Å². The van der Waals surface area contributed by atoms with Gasteiger partial charge in [-0.25, -0.2) is 9.18 Å². The number of halogens is 1. The predicted molar refractivity (Wildman–Crippen MR) is 119 cm³/mol. The van der Waals surface area contributed by atoms with Gasteiger partial charge in [-0.2, -0.15) is 0 Å². The number of nitrogens with zero attached hydrogens (tertiary/aromatic N) is 2. The Labute approximate surface area is 189 Å². The van der Waals surface area contributed by atoms with Crippen molar-refractivity contribution >= 4 is 17.8 Å². The number of amides is 2. The first-order valence-electron chi connectivity index (χ1n) is 11.1. The lowest BCUT2D eigenvalue weighted by Gasteiger charge is -2.46. The van der Waals surface area contributed by atoms with E-state index in [0.717, 1.165) is 12.8 Å². The minimum atomic E-state index is -0.701. The number of hydrogen-bond acceptors (Lipinski definition) is 5. The highest BCUT2D eigenvalue weighted by Crippen LogP contribution is 2.30. The highest BCUT2D eigenvalue weighted by Gasteiger charge is 2.40. The minimum absolute atomic E-state index is 0.151. The number of rotatable bonds is 4. The van der Waals surface area contributed by atoms with Crippen LogP contribution >= 0.6 is 0 Å². The van der Waals surface area contributed by atoms with Gasteiger partial charge in [0.2, 0.25) is 0 Å². The quantitative estimate of drug-likeness (QED) is 0.374. The standard InChI is InChI=1S/C23H34FN5O3/c1-14-13-29(22(31)32-23(3,4)5)15(2)12-28(14)19(16-8-10-18(24)11-9-16)21(30)27-26-20(25)17-6-7-17/h8-11,14-15,17,19H,6-7,12-13H2,1-5H3,(H2,25,26)(H,27,30)/t14-,15-,19?/m0/s1. The maximum absolute atomic E-state index is 13.5. The lowest BCUT2D eigenvalue weighted by Crippen LogP contribution is -2.61. The van der Waals surface area contributed by atoms with Gasteiger partial charge in [-0.05, 0) is 65.2 Å². The highest BCUT2D eigenvalue weighted by molar-refractivity contribution is 5.89. The summed E-state index contributed by atoms with van der Waals surface area (Å²) < 4.78 is 19.1. The third-order valence-corrected chi connectivity index (χ3v) is 5.73. The first kappa shape index (κ1) is 24.0. The van der Waals surface area contributed by atoms with E-state index in [2.05, 4.69) is 10.9 Å². The molecule has 2 aliphatic rings. The summed E-state index contributed by atoms with van der Waals surface area (Å²) in [6.45, 7) is 10.2. The van der Waals surface area contributed by atoms with Crippen molar-refractivity contribution in [3.8, 4) is 0 Å². The zero-order valence-corrected chi connectivity index (χ0v) is 19.4. The normalized spacial score (nSPS) is 22.8. The van der Waals surface area contributed by atoms with Gasteiger partial charge in [0, 0.05) is 31.1 Å². The average Bonchev–Trinajstić information content (AvgIpc) is 3.54. The van der Waals surface area contributed by atoms with Gasteiger partial charge in [-0.15, -0.1) is 0 Å². The number of amidine groups is 1. The summed E-state index contributed by atoms with van der Waals surface area (Å²) in [7, 11) is 0. The zero-order valence-electron chi connectivity index (χ0n) is 19.4. The Hall–Kier alpha value is -2.68. The van der Waals surface area contributed by atoms with Crippen LogP contribution in [0.4, 0.5) is 9.18 Å². The lowest BCUT2D eigenvalue weighted by atomic mass is 9.99. The van der Waals surface area contributed by atoms with Crippen molar-refractivity contribution in [2.75, 3.05) is 13.1 Å². The van der Waals surface area contributed by atoms with Crippen LogP contribution in [0, 0.1) is 17.1 Å². The molecular formula is C23H34FN5O3. The van der Waals surface area contributed by atoms with Crippen molar-refractivity contribution in [3.63, 3.8) is 0 Å². The van der Waals surface area contributed by atoms with Gasteiger partial charge in [0.1, 0.15) is 23.3 Å². The first-order valence-corrected chi connectivity index (χ1v) is 11.1. The third kappa shape index (κ3) is 5.97. The molecule has 1 aliphatic heterocycles. The number of carbonyl (C=O) groups excluding carboxylic acids is 2. The Morgan fingerprint density at radius 2 is 1.72 bits per heavy atom. The molecule has 1 aromatic carbocycles. The Bertz CT molecular complexity index is 850. The number of hydrogen-bond donors (Lipinski definition) is 3. The van der Waals surface area contributed by atoms with Crippen LogP contribution in [0.15, 0.2) is 24.3 Å². The fraction of sp³-hybridized carbons (Fsp3) is 0.609. The number of hydrazine groups is 1. The molecule has 176 valence electrons. The molecule has 1 aliphatic carbocycles. The SMILES string of the molecule is C[C@H]1CN(C(C(=O)NNC(=N)C2CC2)c2ccc(F)cc2)[C@@H](C)CN1C(=O)OC(C)(C)C. The lowest BCUT2D eigenvalue weighted by molar-refractivity contribution is -0.130. The van der Waals surface area contributed by atoms with Crippen LogP contribution in [0.25, 0.3) is 0 Å².